The van der Waals surface area contributed by atoms with Crippen LogP contribution >= 0.6 is 0 Å². The van der Waals surface area contributed by atoms with Crippen molar-refractivity contribution < 1.29 is 0 Å². The first-order chi connectivity index (χ1) is 5.29. The van der Waals surface area contributed by atoms with Gasteiger partial charge in [-0.05, 0) is 6.07 Å². The summed E-state index contributed by atoms with van der Waals surface area (Å²) in [5, 5.41) is 4.84. The molecule has 0 saturated carbocycles. The zero-order valence-electron chi connectivity index (χ0n) is 5.86. The van der Waals surface area contributed by atoms with E-state index in [1.807, 2.05) is 12.1 Å². The zero-order valence-corrected chi connectivity index (χ0v) is 5.86. The van der Waals surface area contributed by atoms with Crippen molar-refractivity contribution in [1.82, 2.24) is 9.89 Å². The van der Waals surface area contributed by atoms with E-state index in [2.05, 4.69) is 5.10 Å². The Hall–Kier alpha value is -1.71. The van der Waals surface area contributed by atoms with Crippen LogP contribution in [0.15, 0.2) is 24.4 Å². The van der Waals surface area contributed by atoms with E-state index in [1.54, 1.807) is 12.3 Å². The molecule has 0 saturated heterocycles. The van der Waals surface area contributed by atoms with Crippen molar-refractivity contribution in [2.24, 2.45) is 0 Å². The molecule has 4 N–H and O–H groups in total. The van der Waals surface area contributed by atoms with Crippen LogP contribution < -0.4 is 11.6 Å². The lowest BCUT2D eigenvalue weighted by Gasteiger charge is -1.96. The summed E-state index contributed by atoms with van der Waals surface area (Å²) in [5.74, 6) is 5.50. The maximum Gasteiger partial charge on any atom is 0.114 e. The lowest BCUT2D eigenvalue weighted by molar-refractivity contribution is 0.863. The van der Waals surface area contributed by atoms with Crippen LogP contribution in [0.2, 0.25) is 0 Å². The van der Waals surface area contributed by atoms with Crippen LogP contribution in [0.25, 0.3) is 10.9 Å². The fourth-order valence-electron chi connectivity index (χ4n) is 1.13. The summed E-state index contributed by atoms with van der Waals surface area (Å²) in [6, 6.07) is 5.59. The lowest BCUT2D eigenvalue weighted by Crippen LogP contribution is -2.10. The summed E-state index contributed by atoms with van der Waals surface area (Å²) < 4.78 is 0. The summed E-state index contributed by atoms with van der Waals surface area (Å²) in [5.41, 5.74) is 7.10. The van der Waals surface area contributed by atoms with Crippen molar-refractivity contribution in [3.8, 4) is 0 Å². The topological polar surface area (TPSA) is 69.9 Å². The van der Waals surface area contributed by atoms with Gasteiger partial charge in [-0.3, -0.25) is 0 Å². The summed E-state index contributed by atoms with van der Waals surface area (Å²) in [6.07, 6.45) is 1.69. The Balaban J connectivity index is 2.96. The van der Waals surface area contributed by atoms with Crippen molar-refractivity contribution >= 4 is 16.6 Å². The second-order valence-corrected chi connectivity index (χ2v) is 2.37. The molecule has 0 atom stereocenters. The minimum Gasteiger partial charge on any atom is -0.397 e. The number of aromatic nitrogens is 2. The van der Waals surface area contributed by atoms with Crippen molar-refractivity contribution in [3.63, 3.8) is 0 Å². The van der Waals surface area contributed by atoms with E-state index in [0.29, 0.717) is 5.69 Å². The standard InChI is InChI=1S/C7H8N4/c8-6-3-1-2-5-4-10-11(9)7(5)6/h1-4H,8-9H2. The van der Waals surface area contributed by atoms with Gasteiger partial charge < -0.3 is 11.6 Å². The van der Waals surface area contributed by atoms with Crippen LogP contribution in [0.5, 0.6) is 0 Å². The molecular weight excluding hydrogens is 140 g/mol. The third-order valence-electron chi connectivity index (χ3n) is 1.65. The molecule has 0 aliphatic heterocycles. The van der Waals surface area contributed by atoms with Gasteiger partial charge in [0.25, 0.3) is 0 Å². The highest BCUT2D eigenvalue weighted by atomic mass is 15.5. The molecule has 0 amide bonds. The minimum atomic E-state index is 0.655. The third-order valence-corrected chi connectivity index (χ3v) is 1.65. The van der Waals surface area contributed by atoms with Crippen LogP contribution in [-0.2, 0) is 0 Å². The van der Waals surface area contributed by atoms with Crippen molar-refractivity contribution in [2.75, 3.05) is 11.6 Å². The Kier molecular flexibility index (Phi) is 1.03. The number of benzene rings is 1. The van der Waals surface area contributed by atoms with Crippen LogP contribution in [0.1, 0.15) is 0 Å². The predicted octanol–water partition coefficient (Wildman–Crippen LogP) is 0.332. The summed E-state index contributed by atoms with van der Waals surface area (Å²) in [7, 11) is 0. The molecule has 0 radical (unpaired) electrons. The molecule has 0 unspecified atom stereocenters. The van der Waals surface area contributed by atoms with Gasteiger partial charge in [-0.25, -0.2) is 0 Å². The maximum atomic E-state index is 5.66. The van der Waals surface area contributed by atoms with E-state index in [1.165, 1.54) is 4.79 Å². The van der Waals surface area contributed by atoms with Gasteiger partial charge in [0, 0.05) is 5.39 Å². The largest absolute Gasteiger partial charge is 0.397 e. The number of nitrogens with two attached hydrogens (primary N) is 2. The number of hydrogen-bond donors (Lipinski definition) is 2. The van der Waals surface area contributed by atoms with Gasteiger partial charge in [-0.2, -0.15) is 9.89 Å². The summed E-state index contributed by atoms with van der Waals surface area (Å²) in [6.45, 7) is 0. The van der Waals surface area contributed by atoms with Crippen molar-refractivity contribution in [3.05, 3.63) is 24.4 Å². The number of fused-ring (bicyclic) bond motifs is 1. The van der Waals surface area contributed by atoms with Gasteiger partial charge >= 0.3 is 0 Å². The second-order valence-electron chi connectivity index (χ2n) is 2.37. The minimum absolute atomic E-state index is 0.655. The Morgan fingerprint density at radius 2 is 2.18 bits per heavy atom. The van der Waals surface area contributed by atoms with E-state index in [9.17, 15) is 0 Å². The fraction of sp³-hybridized carbons (Fsp3) is 0. The monoisotopic (exact) mass is 148 g/mol. The molecule has 0 aliphatic rings. The second kappa shape index (κ2) is 1.88. The average molecular weight is 148 g/mol. The number of hydrogen-bond acceptors (Lipinski definition) is 3. The Labute approximate surface area is 63.4 Å². The van der Waals surface area contributed by atoms with E-state index >= 15 is 0 Å². The highest BCUT2D eigenvalue weighted by Gasteiger charge is 2.01. The molecule has 0 aliphatic carbocycles. The number of nitrogen functional groups attached to an aromatic ring is 2. The van der Waals surface area contributed by atoms with E-state index in [4.69, 9.17) is 11.6 Å². The molecule has 11 heavy (non-hydrogen) atoms. The maximum absolute atomic E-state index is 5.66. The normalized spacial score (nSPS) is 10.5. The molecule has 2 rings (SSSR count). The highest BCUT2D eigenvalue weighted by molar-refractivity contribution is 5.89. The van der Waals surface area contributed by atoms with Crippen molar-refractivity contribution in [1.29, 1.82) is 0 Å². The number of rotatable bonds is 0. The van der Waals surface area contributed by atoms with Crippen LogP contribution in [0.4, 0.5) is 5.69 Å². The van der Waals surface area contributed by atoms with Crippen LogP contribution in [0, 0.1) is 0 Å². The number of nitrogens with zero attached hydrogens (tertiary/aromatic N) is 2. The van der Waals surface area contributed by atoms with Crippen LogP contribution in [-0.4, -0.2) is 9.89 Å². The number of anilines is 1. The number of para-hydroxylation sites is 1. The molecule has 0 fully saturated rings. The van der Waals surface area contributed by atoms with E-state index < -0.39 is 0 Å². The van der Waals surface area contributed by atoms with E-state index in [0.717, 1.165) is 10.9 Å². The Morgan fingerprint density at radius 3 is 2.91 bits per heavy atom. The summed E-state index contributed by atoms with van der Waals surface area (Å²) in [4.78, 5) is 1.28. The van der Waals surface area contributed by atoms with Gasteiger partial charge in [-0.1, -0.05) is 12.1 Å². The average Bonchev–Trinajstić information content (AvgIpc) is 2.34. The first-order valence-electron chi connectivity index (χ1n) is 3.26. The predicted molar refractivity (Wildman–Crippen MR) is 44.3 cm³/mol. The zero-order chi connectivity index (χ0) is 7.84. The molecule has 4 heteroatoms. The third kappa shape index (κ3) is 0.724. The highest BCUT2D eigenvalue weighted by Crippen LogP contribution is 2.17. The molecule has 0 spiro atoms. The van der Waals surface area contributed by atoms with Crippen molar-refractivity contribution in [2.45, 2.75) is 0 Å². The van der Waals surface area contributed by atoms with Gasteiger partial charge in [0.05, 0.1) is 11.9 Å². The lowest BCUT2D eigenvalue weighted by atomic mass is 10.2. The molecule has 0 bridgehead atoms. The van der Waals surface area contributed by atoms with Gasteiger partial charge in [-0.15, -0.1) is 0 Å². The van der Waals surface area contributed by atoms with Gasteiger partial charge in [0.2, 0.25) is 0 Å². The molecule has 2 aromatic rings. The first-order valence-corrected chi connectivity index (χ1v) is 3.26. The molecule has 4 nitrogen and oxygen atoms in total. The molecule has 1 heterocycles. The molecule has 1 aromatic carbocycles. The quantitative estimate of drug-likeness (QED) is 0.418. The Morgan fingerprint density at radius 1 is 1.36 bits per heavy atom. The van der Waals surface area contributed by atoms with E-state index in [-0.39, 0.29) is 0 Å². The Bertz CT molecular complexity index is 390. The van der Waals surface area contributed by atoms with Crippen LogP contribution in [0.3, 0.4) is 0 Å². The molecule has 1 aromatic heterocycles. The molecular formula is C7H8N4. The van der Waals surface area contributed by atoms with Gasteiger partial charge in [0.1, 0.15) is 5.52 Å². The first kappa shape index (κ1) is 6.03. The molecule has 56 valence electrons. The SMILES string of the molecule is Nc1cccc2cnn(N)c12. The summed E-state index contributed by atoms with van der Waals surface area (Å²) >= 11 is 0. The van der Waals surface area contributed by atoms with Gasteiger partial charge in [0.15, 0.2) is 0 Å². The fourth-order valence-corrected chi connectivity index (χ4v) is 1.13. The smallest absolute Gasteiger partial charge is 0.114 e.